The van der Waals surface area contributed by atoms with Crippen molar-refractivity contribution in [3.8, 4) is 5.75 Å². The van der Waals surface area contributed by atoms with E-state index in [1.54, 1.807) is 24.3 Å². The molecule has 7 heteroatoms. The molecule has 0 heterocycles. The molecular formula is C17H18BrN3O3. The van der Waals surface area contributed by atoms with Gasteiger partial charge in [0, 0.05) is 29.8 Å². The Morgan fingerprint density at radius 3 is 2.21 bits per heavy atom. The summed E-state index contributed by atoms with van der Waals surface area (Å²) in [5, 5.41) is 0. The van der Waals surface area contributed by atoms with Gasteiger partial charge < -0.3 is 9.64 Å². The molecule has 0 saturated heterocycles. The Bertz CT molecular complexity index is 700. The molecule has 0 spiro atoms. The van der Waals surface area contributed by atoms with Gasteiger partial charge in [0.15, 0.2) is 6.61 Å². The molecule has 2 amide bonds. The minimum atomic E-state index is -0.448. The lowest BCUT2D eigenvalue weighted by atomic mass is 10.2. The number of ether oxygens (including phenoxy) is 1. The van der Waals surface area contributed by atoms with Gasteiger partial charge in [-0.2, -0.15) is 0 Å². The summed E-state index contributed by atoms with van der Waals surface area (Å²) in [7, 11) is 3.83. The highest BCUT2D eigenvalue weighted by atomic mass is 79.9. The predicted octanol–water partition coefficient (Wildman–Crippen LogP) is 2.36. The molecule has 2 N–H and O–H groups in total. The van der Waals surface area contributed by atoms with Crippen molar-refractivity contribution in [2.24, 2.45) is 0 Å². The van der Waals surface area contributed by atoms with Crippen molar-refractivity contribution in [2.75, 3.05) is 25.6 Å². The Morgan fingerprint density at radius 2 is 1.62 bits per heavy atom. The monoisotopic (exact) mass is 391 g/mol. The van der Waals surface area contributed by atoms with Crippen LogP contribution in [-0.2, 0) is 4.79 Å². The standard InChI is InChI=1S/C17H18BrN3O3/c1-21(2)14-7-3-12(4-8-14)17(23)20-19-16(22)11-24-15-9-5-13(18)6-10-15/h3-10H,11H2,1-2H3,(H,19,22)(H,20,23). The molecule has 0 unspecified atom stereocenters. The molecule has 0 radical (unpaired) electrons. The van der Waals surface area contributed by atoms with Crippen LogP contribution in [0.15, 0.2) is 53.0 Å². The molecule has 2 aromatic rings. The van der Waals surface area contributed by atoms with E-state index in [-0.39, 0.29) is 6.61 Å². The molecule has 2 aromatic carbocycles. The van der Waals surface area contributed by atoms with E-state index in [9.17, 15) is 9.59 Å². The van der Waals surface area contributed by atoms with E-state index in [4.69, 9.17) is 4.74 Å². The fourth-order valence-corrected chi connectivity index (χ4v) is 2.09. The third-order valence-corrected chi connectivity index (χ3v) is 3.67. The largest absolute Gasteiger partial charge is 0.484 e. The molecule has 0 aromatic heterocycles. The zero-order valence-corrected chi connectivity index (χ0v) is 15.0. The number of hydrazine groups is 1. The average molecular weight is 392 g/mol. The van der Waals surface area contributed by atoms with Crippen LogP contribution in [0.5, 0.6) is 5.75 Å². The normalized spacial score (nSPS) is 9.96. The number of rotatable bonds is 5. The highest BCUT2D eigenvalue weighted by Crippen LogP contribution is 2.15. The van der Waals surface area contributed by atoms with Crippen LogP contribution < -0.4 is 20.5 Å². The number of carbonyl (C=O) groups excluding carboxylic acids is 2. The van der Waals surface area contributed by atoms with Crippen molar-refractivity contribution in [2.45, 2.75) is 0 Å². The first-order chi connectivity index (χ1) is 11.5. The maximum absolute atomic E-state index is 12.0. The molecule has 6 nitrogen and oxygen atoms in total. The molecule has 0 aliphatic carbocycles. The first-order valence-corrected chi connectivity index (χ1v) is 8.00. The summed E-state index contributed by atoms with van der Waals surface area (Å²) in [5.41, 5.74) is 6.11. The van der Waals surface area contributed by atoms with Crippen molar-refractivity contribution >= 4 is 33.4 Å². The number of benzene rings is 2. The van der Waals surface area contributed by atoms with Crippen LogP contribution in [0, 0.1) is 0 Å². The topological polar surface area (TPSA) is 70.7 Å². The SMILES string of the molecule is CN(C)c1ccc(C(=O)NNC(=O)COc2ccc(Br)cc2)cc1. The van der Waals surface area contributed by atoms with Gasteiger partial charge in [-0.15, -0.1) is 0 Å². The van der Waals surface area contributed by atoms with E-state index in [0.29, 0.717) is 11.3 Å². The number of halogens is 1. The van der Waals surface area contributed by atoms with Crippen LogP contribution in [0.3, 0.4) is 0 Å². The lowest BCUT2D eigenvalue weighted by Crippen LogP contribution is -2.43. The van der Waals surface area contributed by atoms with Crippen LogP contribution in [0.4, 0.5) is 5.69 Å². The van der Waals surface area contributed by atoms with Gasteiger partial charge in [-0.05, 0) is 48.5 Å². The molecular weight excluding hydrogens is 374 g/mol. The summed E-state index contributed by atoms with van der Waals surface area (Å²) in [6.45, 7) is -0.193. The van der Waals surface area contributed by atoms with E-state index in [1.165, 1.54) is 0 Å². The van der Waals surface area contributed by atoms with Gasteiger partial charge >= 0.3 is 0 Å². The minimum absolute atomic E-state index is 0.193. The van der Waals surface area contributed by atoms with Gasteiger partial charge in [0.1, 0.15) is 5.75 Å². The highest BCUT2D eigenvalue weighted by Gasteiger charge is 2.08. The Balaban J connectivity index is 1.78. The average Bonchev–Trinajstić information content (AvgIpc) is 2.59. The summed E-state index contributed by atoms with van der Waals surface area (Å²) < 4.78 is 6.24. The van der Waals surface area contributed by atoms with Gasteiger partial charge in [-0.3, -0.25) is 20.4 Å². The first kappa shape index (κ1) is 17.8. The number of hydrogen-bond acceptors (Lipinski definition) is 4. The van der Waals surface area contributed by atoms with E-state index in [1.807, 2.05) is 43.3 Å². The zero-order valence-electron chi connectivity index (χ0n) is 13.4. The van der Waals surface area contributed by atoms with E-state index in [2.05, 4.69) is 26.8 Å². The molecule has 0 atom stereocenters. The number of anilines is 1. The molecule has 2 rings (SSSR count). The van der Waals surface area contributed by atoms with Gasteiger partial charge in [-0.25, -0.2) is 0 Å². The summed E-state index contributed by atoms with van der Waals surface area (Å²) in [4.78, 5) is 25.6. The smallest absolute Gasteiger partial charge is 0.276 e. The number of nitrogens with one attached hydrogen (secondary N) is 2. The summed E-state index contributed by atoms with van der Waals surface area (Å²) in [5.74, 6) is -0.271. The lowest BCUT2D eigenvalue weighted by Gasteiger charge is -2.13. The van der Waals surface area contributed by atoms with E-state index < -0.39 is 11.8 Å². The van der Waals surface area contributed by atoms with Crippen LogP contribution in [0.25, 0.3) is 0 Å². The number of hydrogen-bond donors (Lipinski definition) is 2. The third-order valence-electron chi connectivity index (χ3n) is 3.14. The van der Waals surface area contributed by atoms with Gasteiger partial charge in [-0.1, -0.05) is 15.9 Å². The highest BCUT2D eigenvalue weighted by molar-refractivity contribution is 9.10. The molecule has 126 valence electrons. The molecule has 24 heavy (non-hydrogen) atoms. The molecule has 0 aliphatic heterocycles. The van der Waals surface area contributed by atoms with Gasteiger partial charge in [0.05, 0.1) is 0 Å². The second kappa shape index (κ2) is 8.35. The maximum Gasteiger partial charge on any atom is 0.276 e. The summed E-state index contributed by atoms with van der Waals surface area (Å²) in [6.07, 6.45) is 0. The predicted molar refractivity (Wildman–Crippen MR) is 96.0 cm³/mol. The summed E-state index contributed by atoms with van der Waals surface area (Å²) in [6, 6.07) is 14.1. The zero-order chi connectivity index (χ0) is 17.5. The molecule has 0 saturated carbocycles. The second-order valence-corrected chi connectivity index (χ2v) is 6.10. The molecule has 0 fully saturated rings. The van der Waals surface area contributed by atoms with Crippen molar-refractivity contribution in [3.63, 3.8) is 0 Å². The first-order valence-electron chi connectivity index (χ1n) is 7.20. The van der Waals surface area contributed by atoms with Crippen LogP contribution in [0.1, 0.15) is 10.4 Å². The maximum atomic E-state index is 12.0. The summed E-state index contributed by atoms with van der Waals surface area (Å²) >= 11 is 3.32. The Labute approximate surface area is 148 Å². The molecule has 0 bridgehead atoms. The fraction of sp³-hybridized carbons (Fsp3) is 0.176. The minimum Gasteiger partial charge on any atom is -0.484 e. The fourth-order valence-electron chi connectivity index (χ4n) is 1.83. The number of carbonyl (C=O) groups is 2. The van der Waals surface area contributed by atoms with Crippen molar-refractivity contribution in [3.05, 3.63) is 58.6 Å². The van der Waals surface area contributed by atoms with Crippen molar-refractivity contribution in [1.82, 2.24) is 10.9 Å². The Morgan fingerprint density at radius 1 is 1.00 bits per heavy atom. The molecule has 0 aliphatic rings. The number of amides is 2. The lowest BCUT2D eigenvalue weighted by molar-refractivity contribution is -0.123. The van der Waals surface area contributed by atoms with Gasteiger partial charge in [0.25, 0.3) is 11.8 Å². The van der Waals surface area contributed by atoms with Crippen molar-refractivity contribution < 1.29 is 14.3 Å². The van der Waals surface area contributed by atoms with E-state index >= 15 is 0 Å². The quantitative estimate of drug-likeness (QED) is 0.767. The van der Waals surface area contributed by atoms with E-state index in [0.717, 1.165) is 10.2 Å². The third kappa shape index (κ3) is 5.27. The Kier molecular flexibility index (Phi) is 6.20. The Hall–Kier alpha value is -2.54. The van der Waals surface area contributed by atoms with Crippen LogP contribution in [0.2, 0.25) is 0 Å². The second-order valence-electron chi connectivity index (χ2n) is 5.19. The number of nitrogens with zero attached hydrogens (tertiary/aromatic N) is 1. The van der Waals surface area contributed by atoms with Crippen molar-refractivity contribution in [1.29, 1.82) is 0 Å². The van der Waals surface area contributed by atoms with Gasteiger partial charge in [0.2, 0.25) is 0 Å². The van der Waals surface area contributed by atoms with Crippen LogP contribution >= 0.6 is 15.9 Å². The van der Waals surface area contributed by atoms with Crippen LogP contribution in [-0.4, -0.2) is 32.5 Å².